The van der Waals surface area contributed by atoms with Gasteiger partial charge in [0.15, 0.2) is 0 Å². The Kier molecular flexibility index (Phi) is 6.95. The van der Waals surface area contributed by atoms with E-state index in [4.69, 9.17) is 4.74 Å². The third kappa shape index (κ3) is 5.62. The number of benzene rings is 3. The molecule has 0 aromatic heterocycles. The van der Waals surface area contributed by atoms with E-state index in [1.54, 1.807) is 48.5 Å². The molecule has 0 fully saturated rings. The molecule has 29 heavy (non-hydrogen) atoms. The smallest absolute Gasteiger partial charge is 0.343 e. The van der Waals surface area contributed by atoms with Gasteiger partial charge in [0, 0.05) is 20.1 Å². The van der Waals surface area contributed by atoms with Gasteiger partial charge in [0.25, 0.3) is 5.91 Å². The first-order chi connectivity index (χ1) is 13.9. The molecular weight excluding hydrogens is 500 g/mol. The van der Waals surface area contributed by atoms with Crippen LogP contribution < -0.4 is 10.2 Å². The van der Waals surface area contributed by atoms with Crippen LogP contribution in [-0.4, -0.2) is 18.1 Å². The summed E-state index contributed by atoms with van der Waals surface area (Å²) in [4.78, 5) is 24.7. The first-order valence-corrected chi connectivity index (χ1v) is 10.2. The van der Waals surface area contributed by atoms with Crippen LogP contribution in [0.1, 0.15) is 31.8 Å². The molecule has 0 aliphatic heterocycles. The number of nitrogens with zero attached hydrogens (tertiary/aromatic N) is 1. The maximum absolute atomic E-state index is 12.5. The highest BCUT2D eigenvalue weighted by Crippen LogP contribution is 2.23. The molecule has 0 atom stereocenters. The Balaban J connectivity index is 1.76. The second-order valence-corrected chi connectivity index (χ2v) is 7.93. The number of hydrogen-bond donors (Lipinski definition) is 1. The molecule has 1 amide bonds. The van der Waals surface area contributed by atoms with Gasteiger partial charge in [-0.15, -0.1) is 0 Å². The zero-order valence-corrected chi connectivity index (χ0v) is 18.5. The lowest BCUT2D eigenvalue weighted by molar-refractivity contribution is 0.0733. The number of nitrogens with one attached hydrogen (secondary N) is 1. The number of amides is 1. The summed E-state index contributed by atoms with van der Waals surface area (Å²) in [6.07, 6.45) is 1.43. The summed E-state index contributed by atoms with van der Waals surface area (Å²) < 4.78 is 7.14. The van der Waals surface area contributed by atoms with Crippen molar-refractivity contribution < 1.29 is 14.3 Å². The lowest BCUT2D eigenvalue weighted by atomic mass is 10.1. The lowest BCUT2D eigenvalue weighted by Gasteiger charge is -2.09. The van der Waals surface area contributed by atoms with E-state index in [-0.39, 0.29) is 5.91 Å². The van der Waals surface area contributed by atoms with Gasteiger partial charge in [-0.3, -0.25) is 4.79 Å². The third-order valence-corrected chi connectivity index (χ3v) is 4.98. The molecule has 1 N–H and O–H groups in total. The maximum Gasteiger partial charge on any atom is 0.343 e. The van der Waals surface area contributed by atoms with Gasteiger partial charge >= 0.3 is 5.97 Å². The van der Waals surface area contributed by atoms with Crippen molar-refractivity contribution in [1.29, 1.82) is 0 Å². The van der Waals surface area contributed by atoms with Crippen LogP contribution in [-0.2, 0) is 0 Å². The number of carbonyl (C=O) groups is 2. The van der Waals surface area contributed by atoms with E-state index in [0.717, 1.165) is 14.5 Å². The first kappa shape index (κ1) is 21.0. The highest BCUT2D eigenvalue weighted by molar-refractivity contribution is 9.10. The number of aryl methyl sites for hydroxylation is 1. The second-order valence-electron chi connectivity index (χ2n) is 6.10. The van der Waals surface area contributed by atoms with Gasteiger partial charge in [-0.2, -0.15) is 5.10 Å². The summed E-state index contributed by atoms with van der Waals surface area (Å²) in [6.45, 7) is 1.85. The number of halogens is 2. The van der Waals surface area contributed by atoms with E-state index in [2.05, 4.69) is 42.4 Å². The molecule has 0 saturated carbocycles. The summed E-state index contributed by atoms with van der Waals surface area (Å²) in [7, 11) is 0. The van der Waals surface area contributed by atoms with Gasteiger partial charge in [-0.05, 0) is 55.0 Å². The number of hydrogen-bond acceptors (Lipinski definition) is 4. The van der Waals surface area contributed by atoms with Crippen LogP contribution in [0, 0.1) is 6.92 Å². The van der Waals surface area contributed by atoms with Gasteiger partial charge < -0.3 is 4.74 Å². The van der Waals surface area contributed by atoms with Crippen molar-refractivity contribution in [2.24, 2.45) is 5.10 Å². The molecule has 3 aromatic rings. The Morgan fingerprint density at radius 3 is 2.48 bits per heavy atom. The van der Waals surface area contributed by atoms with E-state index in [0.29, 0.717) is 22.4 Å². The molecule has 0 bridgehead atoms. The second kappa shape index (κ2) is 9.62. The quantitative estimate of drug-likeness (QED) is 0.211. The number of carbonyl (C=O) groups excluding carboxylic acids is 2. The molecule has 0 heterocycles. The lowest BCUT2D eigenvalue weighted by Crippen LogP contribution is -2.17. The molecule has 0 saturated heterocycles. The molecular formula is C22H16Br2N2O3. The monoisotopic (exact) mass is 514 g/mol. The van der Waals surface area contributed by atoms with Crippen molar-refractivity contribution in [3.63, 3.8) is 0 Å². The van der Waals surface area contributed by atoms with Crippen molar-refractivity contribution in [2.45, 2.75) is 6.92 Å². The molecule has 146 valence electrons. The minimum atomic E-state index is -0.460. The standard InChI is InChI=1S/C22H16Br2N2O3/c1-14-5-2-3-8-19(14)22(28)29-20-10-9-18(24)12-16(20)13-25-26-21(27)15-6-4-7-17(23)11-15/h2-13H,1H3,(H,26,27)/b25-13-. The minimum absolute atomic E-state index is 0.335. The van der Waals surface area contributed by atoms with Crippen molar-refractivity contribution in [3.8, 4) is 5.75 Å². The van der Waals surface area contributed by atoms with Crippen LogP contribution in [0.3, 0.4) is 0 Å². The van der Waals surface area contributed by atoms with Crippen LogP contribution in [0.2, 0.25) is 0 Å². The summed E-state index contributed by atoms with van der Waals surface area (Å²) in [6, 6.07) is 19.3. The molecule has 5 nitrogen and oxygen atoms in total. The fourth-order valence-corrected chi connectivity index (χ4v) is 3.30. The highest BCUT2D eigenvalue weighted by atomic mass is 79.9. The van der Waals surface area contributed by atoms with Gasteiger partial charge in [0.05, 0.1) is 11.8 Å². The third-order valence-electron chi connectivity index (χ3n) is 4.00. The van der Waals surface area contributed by atoms with Crippen molar-refractivity contribution in [1.82, 2.24) is 5.43 Å². The van der Waals surface area contributed by atoms with E-state index < -0.39 is 5.97 Å². The van der Waals surface area contributed by atoms with Crippen molar-refractivity contribution >= 4 is 50.0 Å². The number of esters is 1. The zero-order valence-electron chi connectivity index (χ0n) is 15.4. The fraction of sp³-hybridized carbons (Fsp3) is 0.0455. The van der Waals surface area contributed by atoms with E-state index in [9.17, 15) is 9.59 Å². The van der Waals surface area contributed by atoms with Gasteiger partial charge in [-0.25, -0.2) is 10.2 Å². The molecule has 0 unspecified atom stereocenters. The van der Waals surface area contributed by atoms with E-state index in [1.807, 2.05) is 25.1 Å². The molecule has 0 radical (unpaired) electrons. The maximum atomic E-state index is 12.5. The topological polar surface area (TPSA) is 67.8 Å². The summed E-state index contributed by atoms with van der Waals surface area (Å²) in [5.41, 5.74) is 4.79. The average Bonchev–Trinajstić information content (AvgIpc) is 2.70. The van der Waals surface area contributed by atoms with E-state index >= 15 is 0 Å². The number of hydrazone groups is 1. The SMILES string of the molecule is Cc1ccccc1C(=O)Oc1ccc(Br)cc1/C=N\NC(=O)c1cccc(Br)c1. The van der Waals surface area contributed by atoms with E-state index in [1.165, 1.54) is 6.21 Å². The molecule has 0 aliphatic rings. The summed E-state index contributed by atoms with van der Waals surface area (Å²) in [5, 5.41) is 3.99. The van der Waals surface area contributed by atoms with Crippen LogP contribution >= 0.6 is 31.9 Å². The van der Waals surface area contributed by atoms with Gasteiger partial charge in [0.2, 0.25) is 0 Å². The van der Waals surface area contributed by atoms with Crippen molar-refractivity contribution in [2.75, 3.05) is 0 Å². The normalized spacial score (nSPS) is 10.7. The first-order valence-electron chi connectivity index (χ1n) is 8.60. The highest BCUT2D eigenvalue weighted by Gasteiger charge is 2.13. The number of ether oxygens (including phenoxy) is 1. The predicted octanol–water partition coefficient (Wildman–Crippen LogP) is 5.50. The van der Waals surface area contributed by atoms with Crippen LogP contribution in [0.25, 0.3) is 0 Å². The Bertz CT molecular complexity index is 1100. The minimum Gasteiger partial charge on any atom is -0.422 e. The van der Waals surface area contributed by atoms with Gasteiger partial charge in [0.1, 0.15) is 5.75 Å². The Hall–Kier alpha value is -2.77. The summed E-state index contributed by atoms with van der Waals surface area (Å²) >= 11 is 6.72. The van der Waals surface area contributed by atoms with Crippen LogP contribution in [0.15, 0.2) is 80.8 Å². The summed E-state index contributed by atoms with van der Waals surface area (Å²) in [5.74, 6) is -0.476. The molecule has 3 aromatic carbocycles. The Morgan fingerprint density at radius 1 is 0.966 bits per heavy atom. The largest absolute Gasteiger partial charge is 0.422 e. The fourth-order valence-electron chi connectivity index (χ4n) is 2.52. The average molecular weight is 516 g/mol. The predicted molar refractivity (Wildman–Crippen MR) is 119 cm³/mol. The molecule has 7 heteroatoms. The molecule has 0 spiro atoms. The Labute approximate surface area is 185 Å². The van der Waals surface area contributed by atoms with Crippen molar-refractivity contribution in [3.05, 3.63) is 97.9 Å². The zero-order chi connectivity index (χ0) is 20.8. The Morgan fingerprint density at radius 2 is 1.72 bits per heavy atom. The number of rotatable bonds is 5. The molecule has 3 rings (SSSR count). The van der Waals surface area contributed by atoms with Crippen LogP contribution in [0.5, 0.6) is 5.75 Å². The van der Waals surface area contributed by atoms with Gasteiger partial charge in [-0.1, -0.05) is 56.1 Å². The van der Waals surface area contributed by atoms with Crippen LogP contribution in [0.4, 0.5) is 0 Å². The molecule has 0 aliphatic carbocycles.